The largest absolute Gasteiger partial charge is 0.366 e. The minimum atomic E-state index is -0.375. The Morgan fingerprint density at radius 3 is 2.10 bits per heavy atom. The Labute approximate surface area is 188 Å². The summed E-state index contributed by atoms with van der Waals surface area (Å²) >= 11 is 19.6. The van der Waals surface area contributed by atoms with Crippen LogP contribution in [0, 0.1) is 0 Å². The lowest BCUT2D eigenvalue weighted by molar-refractivity contribution is -0.121. The van der Waals surface area contributed by atoms with Crippen LogP contribution in [0.15, 0.2) is 58.0 Å². The minimum Gasteiger partial charge on any atom is -0.366 e. The molecule has 2 aromatic rings. The number of amides is 2. The van der Waals surface area contributed by atoms with Crippen molar-refractivity contribution in [1.29, 1.82) is 0 Å². The SMILES string of the molecule is O=C1C(Sc2ccc(Cl)cc2)=C(N2CCCCC2)C(=O)N1c1ccc(Cl)cc1Cl. The number of benzene rings is 2. The Bertz CT molecular complexity index is 1000. The smallest absolute Gasteiger partial charge is 0.283 e. The maximum absolute atomic E-state index is 13.4. The van der Waals surface area contributed by atoms with E-state index in [4.69, 9.17) is 34.8 Å². The molecule has 0 unspecified atom stereocenters. The minimum absolute atomic E-state index is 0.259. The zero-order valence-electron chi connectivity index (χ0n) is 15.3. The van der Waals surface area contributed by atoms with Gasteiger partial charge in [-0.15, -0.1) is 0 Å². The number of hydrogen-bond donors (Lipinski definition) is 0. The molecule has 29 heavy (non-hydrogen) atoms. The van der Waals surface area contributed by atoms with Gasteiger partial charge in [-0.3, -0.25) is 9.59 Å². The van der Waals surface area contributed by atoms with Crippen molar-refractivity contribution in [3.63, 3.8) is 0 Å². The van der Waals surface area contributed by atoms with E-state index in [-0.39, 0.29) is 16.8 Å². The van der Waals surface area contributed by atoms with Crippen LogP contribution in [0.1, 0.15) is 19.3 Å². The first-order valence-electron chi connectivity index (χ1n) is 9.22. The van der Waals surface area contributed by atoms with Crippen molar-refractivity contribution in [3.05, 3.63) is 68.1 Å². The number of thioether (sulfide) groups is 1. The number of halogens is 3. The first kappa shape index (κ1) is 20.6. The number of likely N-dealkylation sites (tertiary alicyclic amines) is 1. The summed E-state index contributed by atoms with van der Waals surface area (Å²) in [6.07, 6.45) is 3.11. The van der Waals surface area contributed by atoms with Gasteiger partial charge in [-0.2, -0.15) is 0 Å². The highest BCUT2D eigenvalue weighted by Crippen LogP contribution is 2.41. The van der Waals surface area contributed by atoms with E-state index in [1.807, 2.05) is 17.0 Å². The van der Waals surface area contributed by atoms with E-state index in [1.165, 1.54) is 17.8 Å². The molecule has 0 radical (unpaired) electrons. The number of rotatable bonds is 4. The molecule has 2 aliphatic heterocycles. The highest BCUT2D eigenvalue weighted by molar-refractivity contribution is 8.04. The summed E-state index contributed by atoms with van der Waals surface area (Å²) in [5.74, 6) is -0.725. The highest BCUT2D eigenvalue weighted by Gasteiger charge is 2.43. The Kier molecular flexibility index (Phi) is 6.11. The molecule has 0 saturated carbocycles. The molecule has 1 fully saturated rings. The summed E-state index contributed by atoms with van der Waals surface area (Å²) < 4.78 is 0. The van der Waals surface area contributed by atoms with Gasteiger partial charge in [-0.25, -0.2) is 4.90 Å². The fourth-order valence-electron chi connectivity index (χ4n) is 3.49. The molecule has 0 spiro atoms. The lowest BCUT2D eigenvalue weighted by Crippen LogP contribution is -2.37. The average Bonchev–Trinajstić information content (AvgIpc) is 2.94. The van der Waals surface area contributed by atoms with E-state index < -0.39 is 0 Å². The van der Waals surface area contributed by atoms with Gasteiger partial charge in [0, 0.05) is 28.0 Å². The maximum Gasteiger partial charge on any atom is 0.283 e. The van der Waals surface area contributed by atoms with Crippen LogP contribution in [0.5, 0.6) is 0 Å². The molecular formula is C21H17Cl3N2O2S. The summed E-state index contributed by atoms with van der Waals surface area (Å²) in [4.78, 5) is 31.2. The number of nitrogens with zero attached hydrogens (tertiary/aromatic N) is 2. The first-order chi connectivity index (χ1) is 14.0. The molecule has 2 aromatic carbocycles. The number of imide groups is 1. The van der Waals surface area contributed by atoms with Crippen LogP contribution < -0.4 is 4.90 Å². The van der Waals surface area contributed by atoms with Gasteiger partial charge < -0.3 is 4.90 Å². The van der Waals surface area contributed by atoms with Crippen molar-refractivity contribution >= 4 is 64.1 Å². The van der Waals surface area contributed by atoms with Crippen LogP contribution in [0.4, 0.5) is 5.69 Å². The number of hydrogen-bond acceptors (Lipinski definition) is 4. The zero-order valence-corrected chi connectivity index (χ0v) is 18.4. The highest BCUT2D eigenvalue weighted by atomic mass is 35.5. The third kappa shape index (κ3) is 4.15. The van der Waals surface area contributed by atoms with Gasteiger partial charge in [-0.1, -0.05) is 46.6 Å². The Balaban J connectivity index is 1.75. The van der Waals surface area contributed by atoms with Crippen LogP contribution in [0.3, 0.4) is 0 Å². The third-order valence-electron chi connectivity index (χ3n) is 4.87. The number of carbonyl (C=O) groups excluding carboxylic acids is 2. The summed E-state index contributed by atoms with van der Waals surface area (Å²) in [5, 5.41) is 1.32. The van der Waals surface area contributed by atoms with Crippen LogP contribution >= 0.6 is 46.6 Å². The van der Waals surface area contributed by atoms with Crippen LogP contribution in [0.2, 0.25) is 15.1 Å². The first-order valence-corrected chi connectivity index (χ1v) is 11.2. The molecule has 8 heteroatoms. The van der Waals surface area contributed by atoms with Crippen molar-refractivity contribution in [3.8, 4) is 0 Å². The topological polar surface area (TPSA) is 40.6 Å². The summed E-state index contributed by atoms with van der Waals surface area (Å²) in [6, 6.07) is 12.0. The van der Waals surface area contributed by atoms with Crippen molar-refractivity contribution in [2.24, 2.45) is 0 Å². The molecule has 0 N–H and O–H groups in total. The summed E-state index contributed by atoms with van der Waals surface area (Å²) in [7, 11) is 0. The average molecular weight is 468 g/mol. The monoisotopic (exact) mass is 466 g/mol. The van der Waals surface area contributed by atoms with Crippen molar-refractivity contribution in [2.45, 2.75) is 24.2 Å². The van der Waals surface area contributed by atoms with Gasteiger partial charge in [0.1, 0.15) is 10.6 Å². The van der Waals surface area contributed by atoms with Gasteiger partial charge >= 0.3 is 0 Å². The summed E-state index contributed by atoms with van der Waals surface area (Å²) in [6.45, 7) is 1.50. The fourth-order valence-corrected chi connectivity index (χ4v) is 5.11. The second-order valence-electron chi connectivity index (χ2n) is 6.82. The van der Waals surface area contributed by atoms with E-state index in [9.17, 15) is 9.59 Å². The number of carbonyl (C=O) groups is 2. The van der Waals surface area contributed by atoms with E-state index in [1.54, 1.807) is 24.3 Å². The van der Waals surface area contributed by atoms with E-state index in [0.717, 1.165) is 42.1 Å². The second-order valence-corrected chi connectivity index (χ2v) is 9.19. The zero-order chi connectivity index (χ0) is 20.5. The predicted molar refractivity (Wildman–Crippen MR) is 119 cm³/mol. The Morgan fingerprint density at radius 2 is 1.45 bits per heavy atom. The van der Waals surface area contributed by atoms with E-state index in [0.29, 0.717) is 26.3 Å². The van der Waals surface area contributed by atoms with Gasteiger partial charge in [0.15, 0.2) is 0 Å². The molecule has 0 atom stereocenters. The Hall–Kier alpha value is -1.66. The van der Waals surface area contributed by atoms with Gasteiger partial charge in [0.2, 0.25) is 0 Å². The van der Waals surface area contributed by atoms with Gasteiger partial charge in [-0.05, 0) is 61.7 Å². The van der Waals surface area contributed by atoms with Crippen molar-refractivity contribution < 1.29 is 9.59 Å². The molecule has 4 rings (SSSR count). The molecule has 0 aliphatic carbocycles. The fraction of sp³-hybridized carbons (Fsp3) is 0.238. The molecule has 2 amide bonds. The predicted octanol–water partition coefficient (Wildman–Crippen LogP) is 6.01. The quantitative estimate of drug-likeness (QED) is 0.516. The van der Waals surface area contributed by atoms with Crippen LogP contribution in [0.25, 0.3) is 0 Å². The number of piperidine rings is 1. The lowest BCUT2D eigenvalue weighted by atomic mass is 10.1. The van der Waals surface area contributed by atoms with Crippen molar-refractivity contribution in [2.75, 3.05) is 18.0 Å². The van der Waals surface area contributed by atoms with E-state index >= 15 is 0 Å². The van der Waals surface area contributed by atoms with Crippen LogP contribution in [-0.4, -0.2) is 29.8 Å². The van der Waals surface area contributed by atoms with Gasteiger partial charge in [0.25, 0.3) is 11.8 Å². The normalized spacial score (nSPS) is 17.5. The third-order valence-corrected chi connectivity index (χ3v) is 6.74. The number of anilines is 1. The summed E-state index contributed by atoms with van der Waals surface area (Å²) in [5.41, 5.74) is 0.785. The molecular weight excluding hydrogens is 451 g/mol. The maximum atomic E-state index is 13.4. The molecule has 1 saturated heterocycles. The van der Waals surface area contributed by atoms with Crippen LogP contribution in [-0.2, 0) is 9.59 Å². The van der Waals surface area contributed by atoms with E-state index in [2.05, 4.69) is 0 Å². The van der Waals surface area contributed by atoms with Crippen molar-refractivity contribution in [1.82, 2.24) is 4.90 Å². The molecule has 4 nitrogen and oxygen atoms in total. The Morgan fingerprint density at radius 1 is 0.793 bits per heavy atom. The standard InChI is InChI=1S/C21H17Cl3N2O2S/c22-13-4-7-15(8-5-13)29-19-18(25-10-2-1-3-11-25)20(27)26(21(19)28)17-9-6-14(23)12-16(17)24/h4-9,12H,1-3,10-11H2. The molecule has 0 aromatic heterocycles. The lowest BCUT2D eigenvalue weighted by Gasteiger charge is -2.29. The molecule has 2 heterocycles. The molecule has 2 aliphatic rings. The molecule has 0 bridgehead atoms. The molecule has 150 valence electrons. The van der Waals surface area contributed by atoms with Gasteiger partial charge in [0.05, 0.1) is 10.7 Å². The second kappa shape index (κ2) is 8.60.